The van der Waals surface area contributed by atoms with Gasteiger partial charge in [0.15, 0.2) is 0 Å². The van der Waals surface area contributed by atoms with Gasteiger partial charge in [0.1, 0.15) is 6.33 Å². The molecule has 0 unspecified atom stereocenters. The van der Waals surface area contributed by atoms with Crippen molar-refractivity contribution in [3.8, 4) is 5.69 Å². The normalized spacial score (nSPS) is 10.9. The molecule has 3 aromatic rings. The predicted molar refractivity (Wildman–Crippen MR) is 91.5 cm³/mol. The Morgan fingerprint density at radius 2 is 1.96 bits per heavy atom. The molecule has 1 heterocycles. The van der Waals surface area contributed by atoms with E-state index in [-0.39, 0.29) is 5.91 Å². The van der Waals surface area contributed by atoms with Crippen LogP contribution in [-0.2, 0) is 11.3 Å². The van der Waals surface area contributed by atoms with Gasteiger partial charge in [-0.2, -0.15) is 0 Å². The van der Waals surface area contributed by atoms with E-state index in [1.165, 1.54) is 12.4 Å². The molecule has 0 spiro atoms. The molecule has 6 nitrogen and oxygen atoms in total. The van der Waals surface area contributed by atoms with Gasteiger partial charge in [0.05, 0.1) is 5.69 Å². The summed E-state index contributed by atoms with van der Waals surface area (Å²) in [5.41, 5.74) is 2.63. The Morgan fingerprint density at radius 3 is 2.67 bits per heavy atom. The highest BCUT2D eigenvalue weighted by atomic mass is 35.5. The highest BCUT2D eigenvalue weighted by Gasteiger charge is 2.01. The minimum absolute atomic E-state index is 0.181. The van der Waals surface area contributed by atoms with Crippen molar-refractivity contribution < 1.29 is 4.79 Å². The van der Waals surface area contributed by atoms with E-state index in [1.807, 2.05) is 42.5 Å². The van der Waals surface area contributed by atoms with Crippen molar-refractivity contribution in [2.75, 3.05) is 0 Å². The average molecular weight is 340 g/mol. The Labute approximate surface area is 143 Å². The van der Waals surface area contributed by atoms with Gasteiger partial charge in [0, 0.05) is 17.6 Å². The van der Waals surface area contributed by atoms with E-state index in [4.69, 9.17) is 11.6 Å². The summed E-state index contributed by atoms with van der Waals surface area (Å²) in [6, 6.07) is 14.9. The SMILES string of the molecule is O=C(/C=C/c1ccc(-n2cnnn2)cc1)NCc1ccccc1Cl. The van der Waals surface area contributed by atoms with Crippen LogP contribution in [0.1, 0.15) is 11.1 Å². The van der Waals surface area contributed by atoms with Gasteiger partial charge in [0.25, 0.3) is 0 Å². The fourth-order valence-corrected chi connectivity index (χ4v) is 2.28. The Balaban J connectivity index is 1.57. The summed E-state index contributed by atoms with van der Waals surface area (Å²) in [5, 5.41) is 14.4. The Hall–Kier alpha value is -2.99. The number of nitrogens with one attached hydrogen (secondary N) is 1. The summed E-state index contributed by atoms with van der Waals surface area (Å²) in [6.45, 7) is 0.390. The van der Waals surface area contributed by atoms with Gasteiger partial charge in [-0.05, 0) is 45.8 Å². The first-order chi connectivity index (χ1) is 11.7. The molecule has 0 bridgehead atoms. The lowest BCUT2D eigenvalue weighted by molar-refractivity contribution is -0.116. The maximum atomic E-state index is 11.9. The van der Waals surface area contributed by atoms with Crippen LogP contribution in [0.2, 0.25) is 5.02 Å². The van der Waals surface area contributed by atoms with Gasteiger partial charge < -0.3 is 5.32 Å². The van der Waals surface area contributed by atoms with Gasteiger partial charge in [0.2, 0.25) is 5.91 Å². The molecule has 1 amide bonds. The van der Waals surface area contributed by atoms with E-state index in [0.29, 0.717) is 11.6 Å². The van der Waals surface area contributed by atoms with Gasteiger partial charge in [-0.1, -0.05) is 41.9 Å². The standard InChI is InChI=1S/C17H14ClN5O/c18-16-4-2-1-3-14(16)11-19-17(24)10-7-13-5-8-15(9-6-13)23-12-20-21-22-23/h1-10,12H,11H2,(H,19,24)/b10-7+. The van der Waals surface area contributed by atoms with Crippen molar-refractivity contribution >= 4 is 23.6 Å². The summed E-state index contributed by atoms with van der Waals surface area (Å²) < 4.78 is 1.56. The number of nitrogens with zero attached hydrogens (tertiary/aromatic N) is 4. The summed E-state index contributed by atoms with van der Waals surface area (Å²) in [4.78, 5) is 11.9. The highest BCUT2D eigenvalue weighted by Crippen LogP contribution is 2.14. The fraction of sp³-hybridized carbons (Fsp3) is 0.0588. The molecule has 0 saturated carbocycles. The second kappa shape index (κ2) is 7.52. The number of rotatable bonds is 5. The molecule has 7 heteroatoms. The first-order valence-corrected chi connectivity index (χ1v) is 7.63. The summed E-state index contributed by atoms with van der Waals surface area (Å²) in [6.07, 6.45) is 4.75. The molecule has 2 aromatic carbocycles. The summed E-state index contributed by atoms with van der Waals surface area (Å²) in [5.74, 6) is -0.181. The van der Waals surface area contributed by atoms with Crippen LogP contribution in [-0.4, -0.2) is 26.1 Å². The molecule has 24 heavy (non-hydrogen) atoms. The number of tetrazole rings is 1. The number of carbonyl (C=O) groups is 1. The van der Waals surface area contributed by atoms with E-state index in [9.17, 15) is 4.79 Å². The summed E-state index contributed by atoms with van der Waals surface area (Å²) >= 11 is 6.05. The first-order valence-electron chi connectivity index (χ1n) is 7.25. The number of carbonyl (C=O) groups excluding carboxylic acids is 1. The number of aromatic nitrogens is 4. The van der Waals surface area contributed by atoms with E-state index < -0.39 is 0 Å². The van der Waals surface area contributed by atoms with Crippen LogP contribution < -0.4 is 5.32 Å². The van der Waals surface area contributed by atoms with Crippen LogP contribution >= 0.6 is 11.6 Å². The number of amides is 1. The lowest BCUT2D eigenvalue weighted by Gasteiger charge is -2.04. The maximum absolute atomic E-state index is 11.9. The molecule has 0 aliphatic heterocycles. The third kappa shape index (κ3) is 4.05. The maximum Gasteiger partial charge on any atom is 0.244 e. The molecular formula is C17H14ClN5O. The molecule has 0 radical (unpaired) electrons. The van der Waals surface area contributed by atoms with Gasteiger partial charge in [-0.25, -0.2) is 4.68 Å². The average Bonchev–Trinajstić information content (AvgIpc) is 3.14. The van der Waals surface area contributed by atoms with Crippen LogP contribution in [0.5, 0.6) is 0 Å². The largest absolute Gasteiger partial charge is 0.348 e. The zero-order valence-corrected chi connectivity index (χ0v) is 13.4. The topological polar surface area (TPSA) is 72.7 Å². The minimum atomic E-state index is -0.181. The molecule has 0 aliphatic carbocycles. The second-order valence-corrected chi connectivity index (χ2v) is 5.40. The zero-order chi connectivity index (χ0) is 16.8. The van der Waals surface area contributed by atoms with Crippen LogP contribution in [0.3, 0.4) is 0 Å². The number of benzene rings is 2. The molecule has 1 aromatic heterocycles. The quantitative estimate of drug-likeness (QED) is 0.725. The van der Waals surface area contributed by atoms with Crippen LogP contribution in [0.15, 0.2) is 60.9 Å². The number of hydrogen-bond donors (Lipinski definition) is 1. The number of hydrogen-bond acceptors (Lipinski definition) is 4. The van der Waals surface area contributed by atoms with E-state index >= 15 is 0 Å². The molecule has 0 atom stereocenters. The van der Waals surface area contributed by atoms with E-state index in [2.05, 4.69) is 20.8 Å². The smallest absolute Gasteiger partial charge is 0.244 e. The van der Waals surface area contributed by atoms with Crippen LogP contribution in [0, 0.1) is 0 Å². The second-order valence-electron chi connectivity index (χ2n) is 4.99. The summed E-state index contributed by atoms with van der Waals surface area (Å²) in [7, 11) is 0. The zero-order valence-electron chi connectivity index (χ0n) is 12.6. The van der Waals surface area contributed by atoms with E-state index in [1.54, 1.807) is 16.8 Å². The van der Waals surface area contributed by atoms with Crippen LogP contribution in [0.4, 0.5) is 0 Å². The van der Waals surface area contributed by atoms with Gasteiger partial charge in [-0.3, -0.25) is 4.79 Å². The fourth-order valence-electron chi connectivity index (χ4n) is 2.07. The Bertz CT molecular complexity index is 844. The van der Waals surface area contributed by atoms with E-state index in [0.717, 1.165) is 16.8 Å². The number of halogens is 1. The minimum Gasteiger partial charge on any atom is -0.348 e. The Kier molecular flexibility index (Phi) is 4.98. The molecule has 1 N–H and O–H groups in total. The van der Waals surface area contributed by atoms with Gasteiger partial charge in [-0.15, -0.1) is 5.10 Å². The molecule has 3 rings (SSSR count). The lowest BCUT2D eigenvalue weighted by Crippen LogP contribution is -2.20. The highest BCUT2D eigenvalue weighted by molar-refractivity contribution is 6.31. The lowest BCUT2D eigenvalue weighted by atomic mass is 10.2. The van der Waals surface area contributed by atoms with Gasteiger partial charge >= 0.3 is 0 Å². The first kappa shape index (κ1) is 15.9. The van der Waals surface area contributed by atoms with Crippen molar-refractivity contribution in [2.24, 2.45) is 0 Å². The molecule has 0 saturated heterocycles. The third-order valence-electron chi connectivity index (χ3n) is 3.34. The van der Waals surface area contributed by atoms with Crippen LogP contribution in [0.25, 0.3) is 11.8 Å². The molecule has 0 fully saturated rings. The predicted octanol–water partition coefficient (Wildman–Crippen LogP) is 2.65. The van der Waals surface area contributed by atoms with Crippen molar-refractivity contribution in [1.82, 2.24) is 25.5 Å². The third-order valence-corrected chi connectivity index (χ3v) is 3.71. The molecular weight excluding hydrogens is 326 g/mol. The van der Waals surface area contributed by atoms with Crippen molar-refractivity contribution in [2.45, 2.75) is 6.54 Å². The molecule has 0 aliphatic rings. The van der Waals surface area contributed by atoms with Crippen molar-refractivity contribution in [3.05, 3.63) is 77.1 Å². The monoisotopic (exact) mass is 339 g/mol. The molecule has 120 valence electrons. The van der Waals surface area contributed by atoms with Crippen molar-refractivity contribution in [1.29, 1.82) is 0 Å². The van der Waals surface area contributed by atoms with Crippen molar-refractivity contribution in [3.63, 3.8) is 0 Å². The Morgan fingerprint density at radius 1 is 1.17 bits per heavy atom.